The molecule has 0 fully saturated rings. The number of carbonyl (C=O) groups excluding carboxylic acids is 1. The summed E-state index contributed by atoms with van der Waals surface area (Å²) in [5.74, 6) is -0.646. The summed E-state index contributed by atoms with van der Waals surface area (Å²) >= 11 is 0. The number of nitrogens with one attached hydrogen (secondary N) is 1. The van der Waals surface area contributed by atoms with Gasteiger partial charge in [0.25, 0.3) is 0 Å². The van der Waals surface area contributed by atoms with E-state index in [9.17, 15) is 18.3 Å². The molecular weight excluding hydrogens is 256 g/mol. The Morgan fingerprint density at radius 2 is 1.94 bits per heavy atom. The number of benzene rings is 1. The lowest BCUT2D eigenvalue weighted by molar-refractivity contribution is -0.114. The topological polar surface area (TPSA) is 109 Å². The fourth-order valence-electron chi connectivity index (χ4n) is 1.37. The molecule has 0 bridgehead atoms. The lowest BCUT2D eigenvalue weighted by Gasteiger charge is -2.09. The number of nitrogens with two attached hydrogens (primary N) is 1. The van der Waals surface area contributed by atoms with Gasteiger partial charge >= 0.3 is 0 Å². The Kier molecular flexibility index (Phi) is 4.83. The Morgan fingerprint density at radius 1 is 1.39 bits per heavy atom. The van der Waals surface area contributed by atoms with E-state index in [-0.39, 0.29) is 17.3 Å². The third-order valence-electron chi connectivity index (χ3n) is 2.22. The highest BCUT2D eigenvalue weighted by molar-refractivity contribution is 7.91. The van der Waals surface area contributed by atoms with Gasteiger partial charge in [-0.25, -0.2) is 8.42 Å². The maximum atomic E-state index is 11.8. The number of hydrogen-bond donors (Lipinski definition) is 3. The number of aliphatic hydroxyl groups excluding tert-OH is 1. The molecule has 0 aliphatic carbocycles. The highest BCUT2D eigenvalue weighted by Gasteiger charge is 2.18. The van der Waals surface area contributed by atoms with Gasteiger partial charge < -0.3 is 16.2 Å². The minimum Gasteiger partial charge on any atom is -0.391 e. The minimum absolute atomic E-state index is 0.0871. The second-order valence-corrected chi connectivity index (χ2v) is 5.91. The maximum Gasteiger partial charge on any atom is 0.221 e. The minimum atomic E-state index is -3.56. The molecule has 4 N–H and O–H groups in total. The quantitative estimate of drug-likeness (QED) is 0.684. The largest absolute Gasteiger partial charge is 0.391 e. The first-order valence-electron chi connectivity index (χ1n) is 5.33. The van der Waals surface area contributed by atoms with Gasteiger partial charge in [0.05, 0.1) is 16.8 Å². The molecule has 7 heteroatoms. The van der Waals surface area contributed by atoms with Gasteiger partial charge in [0.15, 0.2) is 9.84 Å². The molecule has 1 aromatic rings. The fraction of sp³-hybridized carbons (Fsp3) is 0.364. The van der Waals surface area contributed by atoms with Crippen molar-refractivity contribution in [2.45, 2.75) is 17.9 Å². The van der Waals surface area contributed by atoms with Crippen LogP contribution in [0.25, 0.3) is 0 Å². The summed E-state index contributed by atoms with van der Waals surface area (Å²) in [5, 5.41) is 11.8. The van der Waals surface area contributed by atoms with Crippen LogP contribution in [0.4, 0.5) is 5.69 Å². The van der Waals surface area contributed by atoms with E-state index in [2.05, 4.69) is 5.32 Å². The van der Waals surface area contributed by atoms with E-state index in [1.54, 1.807) is 0 Å². The van der Waals surface area contributed by atoms with Crippen molar-refractivity contribution in [3.63, 3.8) is 0 Å². The van der Waals surface area contributed by atoms with Crippen LogP contribution in [0.15, 0.2) is 29.2 Å². The van der Waals surface area contributed by atoms with Gasteiger partial charge in [-0.2, -0.15) is 0 Å². The Morgan fingerprint density at radius 3 is 2.39 bits per heavy atom. The summed E-state index contributed by atoms with van der Waals surface area (Å²) in [6.45, 7) is 1.26. The smallest absolute Gasteiger partial charge is 0.221 e. The van der Waals surface area contributed by atoms with Gasteiger partial charge in [-0.15, -0.1) is 0 Å². The Balaban J connectivity index is 2.87. The first-order valence-corrected chi connectivity index (χ1v) is 6.99. The summed E-state index contributed by atoms with van der Waals surface area (Å²) in [6, 6.07) is 5.74. The van der Waals surface area contributed by atoms with Crippen LogP contribution >= 0.6 is 0 Å². The Bertz CT molecular complexity index is 510. The van der Waals surface area contributed by atoms with Gasteiger partial charge in [0.2, 0.25) is 5.91 Å². The summed E-state index contributed by atoms with van der Waals surface area (Å²) in [5.41, 5.74) is 5.69. The lowest BCUT2D eigenvalue weighted by Crippen LogP contribution is -2.28. The number of carbonyl (C=O) groups is 1. The van der Waals surface area contributed by atoms with Crippen LogP contribution in [0.3, 0.4) is 0 Å². The predicted molar refractivity (Wildman–Crippen MR) is 67.9 cm³/mol. The van der Waals surface area contributed by atoms with Crippen molar-refractivity contribution in [3.05, 3.63) is 24.3 Å². The van der Waals surface area contributed by atoms with Crippen LogP contribution in [0.5, 0.6) is 0 Å². The number of hydrogen-bond acceptors (Lipinski definition) is 5. The van der Waals surface area contributed by atoms with Crippen LogP contribution in [0, 0.1) is 0 Å². The highest BCUT2D eigenvalue weighted by atomic mass is 32.2. The molecule has 1 unspecified atom stereocenters. The molecule has 0 saturated heterocycles. The van der Waals surface area contributed by atoms with Crippen LogP contribution in [0.1, 0.15) is 6.92 Å². The van der Waals surface area contributed by atoms with Crippen molar-refractivity contribution >= 4 is 21.4 Å². The van der Waals surface area contributed by atoms with Crippen molar-refractivity contribution < 1.29 is 18.3 Å². The van der Waals surface area contributed by atoms with E-state index in [1.807, 2.05) is 0 Å². The van der Waals surface area contributed by atoms with Gasteiger partial charge in [0.1, 0.15) is 0 Å². The molecule has 0 spiro atoms. The Labute approximate surface area is 106 Å². The molecule has 0 heterocycles. The average Bonchev–Trinajstić information content (AvgIpc) is 2.28. The van der Waals surface area contributed by atoms with Gasteiger partial charge in [-0.1, -0.05) is 0 Å². The third kappa shape index (κ3) is 4.10. The zero-order valence-electron chi connectivity index (χ0n) is 9.96. The van der Waals surface area contributed by atoms with Crippen LogP contribution in [0.2, 0.25) is 0 Å². The van der Waals surface area contributed by atoms with E-state index >= 15 is 0 Å². The number of anilines is 1. The summed E-state index contributed by atoms with van der Waals surface area (Å²) in [7, 11) is -3.56. The average molecular weight is 272 g/mol. The van der Waals surface area contributed by atoms with Crippen molar-refractivity contribution in [2.24, 2.45) is 5.73 Å². The standard InChI is InChI=1S/C11H16N2O4S/c1-8(14)13-9-2-4-11(5-3-9)18(16,17)7-10(15)6-12/h2-5,10,15H,6-7,12H2,1H3,(H,13,14). The number of aliphatic hydroxyl groups is 1. The third-order valence-corrected chi connectivity index (χ3v) is 4.03. The van der Waals surface area contributed by atoms with E-state index < -0.39 is 21.7 Å². The summed E-state index contributed by atoms with van der Waals surface area (Å²) in [6.07, 6.45) is -1.08. The van der Waals surface area contributed by atoms with E-state index in [0.717, 1.165) is 0 Å². The molecular formula is C11H16N2O4S. The fourth-order valence-corrected chi connectivity index (χ4v) is 2.75. The van der Waals surface area contributed by atoms with Gasteiger partial charge in [-0.05, 0) is 24.3 Å². The molecule has 1 atom stereocenters. The molecule has 0 aliphatic heterocycles. The van der Waals surface area contributed by atoms with E-state index in [1.165, 1.54) is 31.2 Å². The van der Waals surface area contributed by atoms with Crippen molar-refractivity contribution in [1.29, 1.82) is 0 Å². The first kappa shape index (κ1) is 14.6. The zero-order valence-corrected chi connectivity index (χ0v) is 10.8. The molecule has 1 rings (SSSR count). The van der Waals surface area contributed by atoms with Crippen LogP contribution in [-0.2, 0) is 14.6 Å². The lowest BCUT2D eigenvalue weighted by atomic mass is 10.3. The van der Waals surface area contributed by atoms with Crippen molar-refractivity contribution in [1.82, 2.24) is 0 Å². The molecule has 1 aromatic carbocycles. The molecule has 0 radical (unpaired) electrons. The van der Waals surface area contributed by atoms with Crippen molar-refractivity contribution in [3.8, 4) is 0 Å². The summed E-state index contributed by atoms with van der Waals surface area (Å²) < 4.78 is 23.7. The monoisotopic (exact) mass is 272 g/mol. The SMILES string of the molecule is CC(=O)Nc1ccc(S(=O)(=O)CC(O)CN)cc1. The molecule has 6 nitrogen and oxygen atoms in total. The molecule has 1 amide bonds. The van der Waals surface area contributed by atoms with E-state index in [0.29, 0.717) is 5.69 Å². The number of amides is 1. The first-order chi connectivity index (χ1) is 8.35. The Hall–Kier alpha value is -1.44. The van der Waals surface area contributed by atoms with Gasteiger partial charge in [-0.3, -0.25) is 4.79 Å². The molecule has 0 aliphatic rings. The number of rotatable bonds is 5. The van der Waals surface area contributed by atoms with E-state index in [4.69, 9.17) is 5.73 Å². The molecule has 0 aromatic heterocycles. The second kappa shape index (κ2) is 5.94. The highest BCUT2D eigenvalue weighted by Crippen LogP contribution is 2.16. The predicted octanol–water partition coefficient (Wildman–Crippen LogP) is -0.262. The number of sulfone groups is 1. The molecule has 0 saturated carbocycles. The summed E-state index contributed by atoms with van der Waals surface area (Å²) in [4.78, 5) is 10.9. The van der Waals surface area contributed by atoms with Crippen LogP contribution < -0.4 is 11.1 Å². The van der Waals surface area contributed by atoms with Gasteiger partial charge in [0, 0.05) is 19.2 Å². The maximum absolute atomic E-state index is 11.8. The zero-order chi connectivity index (χ0) is 13.8. The normalized spacial score (nSPS) is 13.1. The van der Waals surface area contributed by atoms with Crippen LogP contribution in [-0.4, -0.2) is 37.8 Å². The van der Waals surface area contributed by atoms with Crippen molar-refractivity contribution in [2.75, 3.05) is 17.6 Å². The molecule has 18 heavy (non-hydrogen) atoms. The second-order valence-electron chi connectivity index (χ2n) is 3.88. The molecule has 100 valence electrons.